The molecule has 1 saturated carbocycles. The van der Waals surface area contributed by atoms with Crippen molar-refractivity contribution in [2.45, 2.75) is 19.3 Å². The molecule has 0 aromatic rings. The van der Waals surface area contributed by atoms with Gasteiger partial charge in [-0.05, 0) is 18.8 Å². The Morgan fingerprint density at radius 1 is 1.44 bits per heavy atom. The first kappa shape index (κ1) is 6.65. The van der Waals surface area contributed by atoms with E-state index in [-0.39, 0.29) is 5.92 Å². The number of halogens is 2. The van der Waals surface area contributed by atoms with E-state index >= 15 is 0 Å². The lowest BCUT2D eigenvalue weighted by atomic mass is 10.1. The molecule has 0 aliphatic heterocycles. The van der Waals surface area contributed by atoms with E-state index in [1.54, 1.807) is 0 Å². The lowest BCUT2D eigenvalue weighted by molar-refractivity contribution is -0.116. The Bertz CT molecular complexity index is 108. The van der Waals surface area contributed by atoms with Crippen LogP contribution in [0.4, 0.5) is 8.78 Å². The fraction of sp³-hybridized carbons (Fsp3) is 0.833. The Hall–Kier alpha value is -0.470. The zero-order valence-corrected chi connectivity index (χ0v) is 4.89. The summed E-state index contributed by atoms with van der Waals surface area (Å²) in [6, 6.07) is 0. The van der Waals surface area contributed by atoms with Crippen molar-refractivity contribution in [1.29, 1.82) is 0 Å². The third-order valence-electron chi connectivity index (χ3n) is 1.61. The maximum atomic E-state index is 11.8. The van der Waals surface area contributed by atoms with Crippen molar-refractivity contribution < 1.29 is 13.6 Å². The summed E-state index contributed by atoms with van der Waals surface area (Å²) in [7, 11) is 0. The van der Waals surface area contributed by atoms with Crippen LogP contribution in [0.25, 0.3) is 0 Å². The highest BCUT2D eigenvalue weighted by molar-refractivity contribution is 5.55. The summed E-state index contributed by atoms with van der Waals surface area (Å²) in [6.07, 6.45) is -0.473. The van der Waals surface area contributed by atoms with Gasteiger partial charge in [0, 0.05) is 0 Å². The Morgan fingerprint density at radius 3 is 2.11 bits per heavy atom. The van der Waals surface area contributed by atoms with E-state index in [0.717, 1.165) is 12.8 Å². The number of hydrogen-bond donors (Lipinski definition) is 0. The molecule has 0 radical (unpaired) electrons. The normalized spacial score (nSPS) is 22.1. The van der Waals surface area contributed by atoms with Crippen LogP contribution in [0.1, 0.15) is 12.8 Å². The number of hydrogen-bond acceptors (Lipinski definition) is 1. The third kappa shape index (κ3) is 1.47. The summed E-state index contributed by atoms with van der Waals surface area (Å²) in [6.45, 7) is 0. The van der Waals surface area contributed by atoms with Crippen LogP contribution in [0, 0.1) is 11.8 Å². The molecule has 3 heteroatoms. The van der Waals surface area contributed by atoms with Crippen molar-refractivity contribution in [3.63, 3.8) is 0 Å². The highest BCUT2D eigenvalue weighted by atomic mass is 19.3. The highest BCUT2D eigenvalue weighted by Gasteiger charge is 2.36. The maximum Gasteiger partial charge on any atom is 0.248 e. The van der Waals surface area contributed by atoms with Gasteiger partial charge in [-0.25, -0.2) is 8.78 Å². The van der Waals surface area contributed by atoms with E-state index in [4.69, 9.17) is 0 Å². The van der Waals surface area contributed by atoms with Gasteiger partial charge < -0.3 is 4.79 Å². The van der Waals surface area contributed by atoms with Crippen LogP contribution in [-0.4, -0.2) is 12.7 Å². The standard InChI is InChI=1S/C6H8F2O/c7-6(8)5(3-9)4-1-2-4/h3-6H,1-2H2. The second-order valence-electron chi connectivity index (χ2n) is 2.39. The van der Waals surface area contributed by atoms with Crippen LogP contribution >= 0.6 is 0 Å². The first-order valence-corrected chi connectivity index (χ1v) is 2.99. The average Bonchev–Trinajstić information content (AvgIpc) is 2.50. The van der Waals surface area contributed by atoms with E-state index in [2.05, 4.69) is 0 Å². The SMILES string of the molecule is O=CC(C(F)F)C1CC1. The van der Waals surface area contributed by atoms with Gasteiger partial charge in [-0.2, -0.15) is 0 Å². The van der Waals surface area contributed by atoms with Crippen molar-refractivity contribution in [2.24, 2.45) is 11.8 Å². The summed E-state index contributed by atoms with van der Waals surface area (Å²) in [5.74, 6) is -0.993. The Morgan fingerprint density at radius 2 is 2.00 bits per heavy atom. The van der Waals surface area contributed by atoms with Crippen LogP contribution in [0.2, 0.25) is 0 Å². The molecular formula is C6H8F2O. The summed E-state index contributed by atoms with van der Waals surface area (Å²) in [4.78, 5) is 9.95. The van der Waals surface area contributed by atoms with Gasteiger partial charge in [0.15, 0.2) is 0 Å². The van der Waals surface area contributed by atoms with Gasteiger partial charge in [0.05, 0.1) is 5.92 Å². The largest absolute Gasteiger partial charge is 0.303 e. The van der Waals surface area contributed by atoms with Crippen LogP contribution < -0.4 is 0 Å². The molecule has 0 aromatic heterocycles. The van der Waals surface area contributed by atoms with E-state index in [0.29, 0.717) is 6.29 Å². The lowest BCUT2D eigenvalue weighted by Crippen LogP contribution is -2.14. The molecule has 1 unspecified atom stereocenters. The number of carbonyl (C=O) groups excluding carboxylic acids is 1. The molecule has 0 heterocycles. The van der Waals surface area contributed by atoms with Gasteiger partial charge in [-0.1, -0.05) is 0 Å². The molecule has 0 N–H and O–H groups in total. The van der Waals surface area contributed by atoms with Crippen molar-refractivity contribution in [2.75, 3.05) is 0 Å². The lowest BCUT2D eigenvalue weighted by Gasteiger charge is -2.04. The molecule has 1 nitrogen and oxygen atoms in total. The van der Waals surface area contributed by atoms with Gasteiger partial charge in [-0.3, -0.25) is 0 Å². The van der Waals surface area contributed by atoms with Gasteiger partial charge >= 0.3 is 0 Å². The zero-order valence-electron chi connectivity index (χ0n) is 4.89. The fourth-order valence-corrected chi connectivity index (χ4v) is 0.857. The second kappa shape index (κ2) is 2.42. The minimum absolute atomic E-state index is 0.0116. The number of alkyl halides is 2. The number of carbonyl (C=O) groups is 1. The molecule has 0 spiro atoms. The predicted octanol–water partition coefficient (Wildman–Crippen LogP) is 1.48. The highest BCUT2D eigenvalue weighted by Crippen LogP contribution is 2.38. The van der Waals surface area contributed by atoms with Crippen LogP contribution in [0.5, 0.6) is 0 Å². The maximum absolute atomic E-state index is 11.8. The van der Waals surface area contributed by atoms with Gasteiger partial charge in [0.25, 0.3) is 0 Å². The monoisotopic (exact) mass is 134 g/mol. The first-order chi connectivity index (χ1) is 4.25. The topological polar surface area (TPSA) is 17.1 Å². The van der Waals surface area contributed by atoms with Crippen molar-refractivity contribution in [3.05, 3.63) is 0 Å². The molecule has 1 rings (SSSR count). The van der Waals surface area contributed by atoms with Gasteiger partial charge in [-0.15, -0.1) is 0 Å². The molecular weight excluding hydrogens is 126 g/mol. The summed E-state index contributed by atoms with van der Waals surface area (Å²) < 4.78 is 23.5. The molecule has 1 aliphatic carbocycles. The minimum atomic E-state index is -2.45. The quantitative estimate of drug-likeness (QED) is 0.534. The van der Waals surface area contributed by atoms with Gasteiger partial charge in [0.2, 0.25) is 6.43 Å². The van der Waals surface area contributed by atoms with Crippen LogP contribution in [0.15, 0.2) is 0 Å². The number of rotatable bonds is 3. The summed E-state index contributed by atoms with van der Waals surface area (Å²) >= 11 is 0. The molecule has 1 fully saturated rings. The molecule has 0 aromatic carbocycles. The van der Waals surface area contributed by atoms with Crippen LogP contribution in [0.3, 0.4) is 0 Å². The molecule has 52 valence electrons. The van der Waals surface area contributed by atoms with Crippen LogP contribution in [-0.2, 0) is 4.79 Å². The Balaban J connectivity index is 2.37. The third-order valence-corrected chi connectivity index (χ3v) is 1.61. The molecule has 9 heavy (non-hydrogen) atoms. The van der Waals surface area contributed by atoms with E-state index in [1.807, 2.05) is 0 Å². The zero-order chi connectivity index (χ0) is 6.85. The molecule has 0 bridgehead atoms. The van der Waals surface area contributed by atoms with E-state index in [9.17, 15) is 13.6 Å². The first-order valence-electron chi connectivity index (χ1n) is 2.99. The fourth-order valence-electron chi connectivity index (χ4n) is 0.857. The predicted molar refractivity (Wildman–Crippen MR) is 28.3 cm³/mol. The summed E-state index contributed by atoms with van der Waals surface area (Å²) in [5, 5.41) is 0. The van der Waals surface area contributed by atoms with Crippen molar-refractivity contribution >= 4 is 6.29 Å². The second-order valence-corrected chi connectivity index (χ2v) is 2.39. The minimum Gasteiger partial charge on any atom is -0.303 e. The van der Waals surface area contributed by atoms with E-state index in [1.165, 1.54) is 0 Å². The molecule has 1 atom stereocenters. The smallest absolute Gasteiger partial charge is 0.248 e. The van der Waals surface area contributed by atoms with Crippen molar-refractivity contribution in [1.82, 2.24) is 0 Å². The Kier molecular flexibility index (Phi) is 1.78. The van der Waals surface area contributed by atoms with Crippen molar-refractivity contribution in [3.8, 4) is 0 Å². The average molecular weight is 134 g/mol. The van der Waals surface area contributed by atoms with Gasteiger partial charge in [0.1, 0.15) is 6.29 Å². The molecule has 0 saturated heterocycles. The molecule has 1 aliphatic rings. The summed E-state index contributed by atoms with van der Waals surface area (Å²) in [5.41, 5.74) is 0. The molecule has 0 amide bonds. The Labute approximate surface area is 52.1 Å². The number of aldehydes is 1. The van der Waals surface area contributed by atoms with E-state index < -0.39 is 12.3 Å².